The zero-order chi connectivity index (χ0) is 15.7. The van der Waals surface area contributed by atoms with Crippen LogP contribution in [0.3, 0.4) is 0 Å². The maximum absolute atomic E-state index is 13.4. The van der Waals surface area contributed by atoms with Crippen LogP contribution in [-0.2, 0) is 6.54 Å². The largest absolute Gasteiger partial charge is 0.373 e. The minimum absolute atomic E-state index is 0.199. The molecule has 0 aliphatic rings. The minimum Gasteiger partial charge on any atom is -0.373 e. The van der Waals surface area contributed by atoms with Gasteiger partial charge in [-0.15, -0.1) is 11.3 Å². The van der Waals surface area contributed by atoms with E-state index < -0.39 is 29.2 Å². The van der Waals surface area contributed by atoms with Crippen LogP contribution < -0.4 is 5.32 Å². The van der Waals surface area contributed by atoms with Crippen molar-refractivity contribution in [2.24, 2.45) is 0 Å². The molecule has 0 fully saturated rings. The van der Waals surface area contributed by atoms with Crippen LogP contribution in [0.15, 0.2) is 17.5 Å². The van der Waals surface area contributed by atoms with E-state index in [1.54, 1.807) is 6.07 Å². The quantitative estimate of drug-likeness (QED) is 0.570. The van der Waals surface area contributed by atoms with E-state index in [0.29, 0.717) is 5.82 Å². The number of aromatic amines is 1. The van der Waals surface area contributed by atoms with Crippen molar-refractivity contribution in [2.45, 2.75) is 6.54 Å². The number of anilines is 1. The first-order chi connectivity index (χ1) is 10.6. The number of H-pyrrole nitrogens is 1. The van der Waals surface area contributed by atoms with Gasteiger partial charge in [-0.1, -0.05) is 6.07 Å². The molecule has 0 radical (unpaired) electrons. The van der Waals surface area contributed by atoms with Crippen LogP contribution in [0.1, 0.15) is 5.82 Å². The fraction of sp³-hybridized carbons (Fsp3) is 0.0833. The molecule has 0 saturated carbocycles. The zero-order valence-corrected chi connectivity index (χ0v) is 11.5. The zero-order valence-electron chi connectivity index (χ0n) is 10.7. The number of hydrogen-bond acceptors (Lipinski definition) is 5. The summed E-state index contributed by atoms with van der Waals surface area (Å²) in [6.07, 6.45) is 0. The first kappa shape index (κ1) is 14.4. The maximum Gasteiger partial charge on any atom is 0.253 e. The molecule has 114 valence electrons. The Kier molecular flexibility index (Phi) is 3.75. The van der Waals surface area contributed by atoms with E-state index in [1.165, 1.54) is 11.3 Å². The number of nitrogens with one attached hydrogen (secondary N) is 2. The molecule has 5 nitrogen and oxygen atoms in total. The summed E-state index contributed by atoms with van der Waals surface area (Å²) in [5.41, 5.74) is -0.945. The summed E-state index contributed by atoms with van der Waals surface area (Å²) >= 11 is 1.42. The van der Waals surface area contributed by atoms with Crippen molar-refractivity contribution in [3.63, 3.8) is 0 Å². The van der Waals surface area contributed by atoms with Gasteiger partial charge in [0.25, 0.3) is 11.9 Å². The van der Waals surface area contributed by atoms with Crippen molar-refractivity contribution in [3.05, 3.63) is 46.9 Å². The lowest BCUT2D eigenvalue weighted by Crippen LogP contribution is -2.10. The monoisotopic (exact) mass is 329 g/mol. The van der Waals surface area contributed by atoms with E-state index >= 15 is 0 Å². The molecule has 0 saturated heterocycles. The van der Waals surface area contributed by atoms with Crippen molar-refractivity contribution in [1.29, 1.82) is 0 Å². The van der Waals surface area contributed by atoms with Crippen molar-refractivity contribution in [3.8, 4) is 10.7 Å². The van der Waals surface area contributed by atoms with Crippen LogP contribution in [0, 0.1) is 23.5 Å². The van der Waals surface area contributed by atoms with Crippen LogP contribution >= 0.6 is 11.3 Å². The first-order valence-corrected chi connectivity index (χ1v) is 6.83. The second kappa shape index (κ2) is 5.72. The van der Waals surface area contributed by atoms with Crippen molar-refractivity contribution in [2.75, 3.05) is 5.32 Å². The number of nitrogens with zero attached hydrogens (tertiary/aromatic N) is 3. The Hall–Kier alpha value is -2.49. The molecule has 0 aromatic carbocycles. The Balaban J connectivity index is 1.79. The van der Waals surface area contributed by atoms with Crippen LogP contribution in [0.2, 0.25) is 0 Å². The highest BCUT2D eigenvalue weighted by Crippen LogP contribution is 2.23. The van der Waals surface area contributed by atoms with Gasteiger partial charge in [-0.3, -0.25) is 5.10 Å². The lowest BCUT2D eigenvalue weighted by Gasteiger charge is -2.07. The highest BCUT2D eigenvalue weighted by atomic mass is 32.1. The third kappa shape index (κ3) is 2.64. The molecule has 3 aromatic rings. The average Bonchev–Trinajstić information content (AvgIpc) is 3.16. The molecule has 0 spiro atoms. The number of hydrogen-bond donors (Lipinski definition) is 2. The lowest BCUT2D eigenvalue weighted by atomic mass is 10.3. The molecule has 3 heterocycles. The third-order valence-electron chi connectivity index (χ3n) is 2.70. The number of halogens is 4. The summed E-state index contributed by atoms with van der Waals surface area (Å²) < 4.78 is 52.8. The highest BCUT2D eigenvalue weighted by molar-refractivity contribution is 7.13. The standard InChI is InChI=1S/C12H7F4N5S/c13-7-9(8(14)11(16)19-10(7)15)17-4-6-18-12(21-20-6)5-2-1-3-22-5/h1-3H,4H2,(H,17,19)(H,18,20,21). The summed E-state index contributed by atoms with van der Waals surface area (Å²) in [6, 6.07) is 3.62. The van der Waals surface area contributed by atoms with Gasteiger partial charge in [-0.05, 0) is 11.4 Å². The lowest BCUT2D eigenvalue weighted by molar-refractivity contribution is 0.410. The Bertz CT molecular complexity index is 776. The Labute approximate surface area is 125 Å². The van der Waals surface area contributed by atoms with Gasteiger partial charge in [0, 0.05) is 0 Å². The summed E-state index contributed by atoms with van der Waals surface area (Å²) in [7, 11) is 0. The molecule has 0 aliphatic carbocycles. The van der Waals surface area contributed by atoms with E-state index in [1.807, 2.05) is 11.4 Å². The fourth-order valence-corrected chi connectivity index (χ4v) is 2.36. The summed E-state index contributed by atoms with van der Waals surface area (Å²) in [6.45, 7) is -0.199. The average molecular weight is 329 g/mol. The smallest absolute Gasteiger partial charge is 0.253 e. The van der Waals surface area contributed by atoms with Crippen LogP contribution in [-0.4, -0.2) is 20.2 Å². The fourth-order valence-electron chi connectivity index (χ4n) is 1.70. The second-order valence-corrected chi connectivity index (χ2v) is 5.08. The van der Waals surface area contributed by atoms with E-state index in [4.69, 9.17) is 0 Å². The summed E-state index contributed by atoms with van der Waals surface area (Å²) in [5, 5.41) is 10.6. The molecule has 22 heavy (non-hydrogen) atoms. The first-order valence-electron chi connectivity index (χ1n) is 5.95. The SMILES string of the molecule is Fc1nc(F)c(F)c(NCc2nc(-c3cccs3)n[nH]2)c1F. The number of pyridine rings is 1. The number of rotatable bonds is 4. The molecule has 0 atom stereocenters. The molecule has 0 bridgehead atoms. The molecule has 0 amide bonds. The van der Waals surface area contributed by atoms with Gasteiger partial charge in [-0.2, -0.15) is 27.6 Å². The van der Waals surface area contributed by atoms with Gasteiger partial charge in [0.05, 0.1) is 11.4 Å². The van der Waals surface area contributed by atoms with Crippen molar-refractivity contribution in [1.82, 2.24) is 20.2 Å². The topological polar surface area (TPSA) is 66.5 Å². The predicted molar refractivity (Wildman–Crippen MR) is 71.1 cm³/mol. The molecule has 3 rings (SSSR count). The Morgan fingerprint density at radius 1 is 1.09 bits per heavy atom. The third-order valence-corrected chi connectivity index (χ3v) is 3.57. The van der Waals surface area contributed by atoms with E-state index in [-0.39, 0.29) is 12.4 Å². The maximum atomic E-state index is 13.4. The Morgan fingerprint density at radius 3 is 2.45 bits per heavy atom. The van der Waals surface area contributed by atoms with Crippen molar-refractivity contribution >= 4 is 17.0 Å². The van der Waals surface area contributed by atoms with E-state index in [9.17, 15) is 17.6 Å². The molecular weight excluding hydrogens is 322 g/mol. The number of aromatic nitrogens is 4. The van der Waals surface area contributed by atoms with Gasteiger partial charge in [-0.25, -0.2) is 4.98 Å². The summed E-state index contributed by atoms with van der Waals surface area (Å²) in [5.74, 6) is -5.98. The highest BCUT2D eigenvalue weighted by Gasteiger charge is 2.20. The molecule has 2 N–H and O–H groups in total. The van der Waals surface area contributed by atoms with E-state index in [2.05, 4.69) is 25.5 Å². The second-order valence-electron chi connectivity index (χ2n) is 4.13. The molecule has 0 unspecified atom stereocenters. The molecule has 0 aliphatic heterocycles. The van der Waals surface area contributed by atoms with Gasteiger partial charge >= 0.3 is 0 Å². The molecular formula is C12H7F4N5S. The van der Waals surface area contributed by atoms with Gasteiger partial charge in [0.1, 0.15) is 11.5 Å². The van der Waals surface area contributed by atoms with Gasteiger partial charge < -0.3 is 5.32 Å². The summed E-state index contributed by atoms with van der Waals surface area (Å²) in [4.78, 5) is 7.38. The predicted octanol–water partition coefficient (Wildman–Crippen LogP) is 3.10. The number of thiophene rings is 1. The van der Waals surface area contributed by atoms with Crippen LogP contribution in [0.5, 0.6) is 0 Å². The van der Waals surface area contributed by atoms with Crippen molar-refractivity contribution < 1.29 is 17.6 Å². The van der Waals surface area contributed by atoms with Gasteiger partial charge in [0.2, 0.25) is 11.6 Å². The molecule has 3 aromatic heterocycles. The van der Waals surface area contributed by atoms with Crippen LogP contribution in [0.4, 0.5) is 23.2 Å². The molecule has 10 heteroatoms. The minimum atomic E-state index is -1.72. The van der Waals surface area contributed by atoms with E-state index in [0.717, 1.165) is 4.88 Å². The normalized spacial score (nSPS) is 10.9. The van der Waals surface area contributed by atoms with Gasteiger partial charge in [0.15, 0.2) is 5.82 Å². The van der Waals surface area contributed by atoms with Crippen LogP contribution in [0.25, 0.3) is 10.7 Å². The Morgan fingerprint density at radius 2 is 1.82 bits per heavy atom.